The van der Waals surface area contributed by atoms with Crippen molar-refractivity contribution in [2.75, 3.05) is 5.32 Å². The van der Waals surface area contributed by atoms with Crippen LogP contribution in [0.2, 0.25) is 0 Å². The maximum Gasteiger partial charge on any atom is 0.416 e. The van der Waals surface area contributed by atoms with E-state index in [0.717, 1.165) is 37.8 Å². The molecular formula is C14H15F3N2O. The molecule has 2 aliphatic rings. The number of benzene rings is 1. The predicted octanol–water partition coefficient (Wildman–Crippen LogP) is 4.07. The number of hydrogen-bond donors (Lipinski definition) is 2. The molecule has 1 heterocycles. The molecule has 108 valence electrons. The lowest BCUT2D eigenvalue weighted by molar-refractivity contribution is -0.137. The summed E-state index contributed by atoms with van der Waals surface area (Å²) in [4.78, 5) is 11.6. The largest absolute Gasteiger partial charge is 0.416 e. The van der Waals surface area contributed by atoms with Crippen molar-refractivity contribution >= 4 is 11.7 Å². The standard InChI is InChI=1S/C14H15F3N2O/c15-14(16,17)9-5-6-11-10(7-9)12(19-13(20)18-11)8-3-1-2-4-8/h5-8,12H,1-4H2,(H2,18,19,20). The summed E-state index contributed by atoms with van der Waals surface area (Å²) in [5, 5.41) is 5.35. The fourth-order valence-electron chi connectivity index (χ4n) is 3.15. The Morgan fingerprint density at radius 1 is 1.15 bits per heavy atom. The Balaban J connectivity index is 2.01. The molecule has 1 atom stereocenters. The van der Waals surface area contributed by atoms with Gasteiger partial charge in [0.15, 0.2) is 0 Å². The topological polar surface area (TPSA) is 41.1 Å². The van der Waals surface area contributed by atoms with Gasteiger partial charge in [0.1, 0.15) is 0 Å². The molecule has 0 saturated heterocycles. The normalized spacial score (nSPS) is 23.1. The molecule has 6 heteroatoms. The summed E-state index contributed by atoms with van der Waals surface area (Å²) in [6.07, 6.45) is -0.338. The van der Waals surface area contributed by atoms with Gasteiger partial charge in [-0.15, -0.1) is 0 Å². The van der Waals surface area contributed by atoms with Gasteiger partial charge in [0, 0.05) is 5.69 Å². The van der Waals surface area contributed by atoms with Crippen LogP contribution in [0.5, 0.6) is 0 Å². The van der Waals surface area contributed by atoms with Crippen molar-refractivity contribution < 1.29 is 18.0 Å². The third-order valence-electron chi connectivity index (χ3n) is 4.12. The van der Waals surface area contributed by atoms with Crippen molar-refractivity contribution in [3.8, 4) is 0 Å². The Morgan fingerprint density at radius 3 is 2.50 bits per heavy atom. The number of nitrogens with one attached hydrogen (secondary N) is 2. The van der Waals surface area contributed by atoms with Crippen LogP contribution >= 0.6 is 0 Å². The number of carbonyl (C=O) groups excluding carboxylic acids is 1. The van der Waals surface area contributed by atoms with Crippen LogP contribution in [0.4, 0.5) is 23.7 Å². The van der Waals surface area contributed by atoms with Crippen molar-refractivity contribution in [2.24, 2.45) is 5.92 Å². The van der Waals surface area contributed by atoms with Gasteiger partial charge in [-0.2, -0.15) is 13.2 Å². The second-order valence-corrected chi connectivity index (χ2v) is 5.42. The summed E-state index contributed by atoms with van der Waals surface area (Å²) in [5.74, 6) is 0.225. The van der Waals surface area contributed by atoms with E-state index in [1.54, 1.807) is 0 Å². The number of rotatable bonds is 1. The summed E-state index contributed by atoms with van der Waals surface area (Å²) < 4.78 is 38.5. The Morgan fingerprint density at radius 2 is 1.85 bits per heavy atom. The molecule has 1 aliphatic carbocycles. The first-order chi connectivity index (χ1) is 9.45. The zero-order valence-electron chi connectivity index (χ0n) is 10.8. The molecule has 3 nitrogen and oxygen atoms in total. The van der Waals surface area contributed by atoms with Crippen LogP contribution in [0, 0.1) is 5.92 Å². The predicted molar refractivity (Wildman–Crippen MR) is 68.3 cm³/mol. The lowest BCUT2D eigenvalue weighted by atomic mass is 9.88. The summed E-state index contributed by atoms with van der Waals surface area (Å²) in [5.41, 5.74) is 0.363. The Labute approximate surface area is 114 Å². The van der Waals surface area contributed by atoms with Gasteiger partial charge in [-0.3, -0.25) is 0 Å². The monoisotopic (exact) mass is 284 g/mol. The van der Waals surface area contributed by atoms with E-state index in [1.165, 1.54) is 6.07 Å². The Bertz CT molecular complexity index is 536. The molecule has 2 amide bonds. The highest BCUT2D eigenvalue weighted by Gasteiger charge is 2.36. The molecule has 20 heavy (non-hydrogen) atoms. The number of hydrogen-bond acceptors (Lipinski definition) is 1. The fourth-order valence-corrected chi connectivity index (χ4v) is 3.15. The van der Waals surface area contributed by atoms with Crippen LogP contribution in [0.25, 0.3) is 0 Å². The first-order valence-electron chi connectivity index (χ1n) is 6.74. The van der Waals surface area contributed by atoms with Crippen LogP contribution in [0.1, 0.15) is 42.9 Å². The maximum atomic E-state index is 12.8. The van der Waals surface area contributed by atoms with Gasteiger partial charge in [0.2, 0.25) is 0 Å². The van der Waals surface area contributed by atoms with Gasteiger partial charge >= 0.3 is 12.2 Å². The minimum Gasteiger partial charge on any atom is -0.331 e. The maximum absolute atomic E-state index is 12.8. The molecule has 1 fully saturated rings. The van der Waals surface area contributed by atoms with Gasteiger partial charge in [0.05, 0.1) is 11.6 Å². The summed E-state index contributed by atoms with van der Waals surface area (Å²) >= 11 is 0. The molecule has 0 spiro atoms. The van der Waals surface area contributed by atoms with Crippen LogP contribution in [-0.2, 0) is 6.18 Å². The van der Waals surface area contributed by atoms with Crippen LogP contribution in [0.3, 0.4) is 0 Å². The van der Waals surface area contributed by atoms with E-state index in [1.807, 2.05) is 0 Å². The third kappa shape index (κ3) is 2.34. The SMILES string of the molecule is O=C1Nc2ccc(C(F)(F)F)cc2C(C2CCCC2)N1. The van der Waals surface area contributed by atoms with Gasteiger partial charge in [-0.05, 0) is 42.5 Å². The Kier molecular flexibility index (Phi) is 3.11. The average molecular weight is 284 g/mol. The second-order valence-electron chi connectivity index (χ2n) is 5.42. The zero-order valence-corrected chi connectivity index (χ0v) is 10.8. The van der Waals surface area contributed by atoms with Crippen molar-refractivity contribution in [3.05, 3.63) is 29.3 Å². The lowest BCUT2D eigenvalue weighted by Gasteiger charge is -2.32. The minimum atomic E-state index is -4.36. The number of halogens is 3. The van der Waals surface area contributed by atoms with E-state index in [-0.39, 0.29) is 18.0 Å². The Hall–Kier alpha value is -1.72. The van der Waals surface area contributed by atoms with Crippen LogP contribution in [0.15, 0.2) is 18.2 Å². The number of anilines is 1. The molecule has 1 unspecified atom stereocenters. The molecule has 2 N–H and O–H groups in total. The van der Waals surface area contributed by atoms with Gasteiger partial charge < -0.3 is 10.6 Å². The highest BCUT2D eigenvalue weighted by molar-refractivity contribution is 5.93. The molecule has 1 aromatic rings. The first-order valence-corrected chi connectivity index (χ1v) is 6.74. The number of amides is 2. The molecule has 0 radical (unpaired) electrons. The summed E-state index contributed by atoms with van der Waals surface area (Å²) in [6.45, 7) is 0. The minimum absolute atomic E-state index is 0.225. The molecule has 1 aliphatic heterocycles. The van der Waals surface area contributed by atoms with Crippen LogP contribution < -0.4 is 10.6 Å². The fraction of sp³-hybridized carbons (Fsp3) is 0.500. The average Bonchev–Trinajstić information content (AvgIpc) is 2.89. The van der Waals surface area contributed by atoms with E-state index in [4.69, 9.17) is 0 Å². The van der Waals surface area contributed by atoms with E-state index in [9.17, 15) is 18.0 Å². The van der Waals surface area contributed by atoms with Gasteiger partial charge in [-0.1, -0.05) is 12.8 Å². The number of carbonyl (C=O) groups is 1. The first kappa shape index (κ1) is 13.3. The number of urea groups is 1. The highest BCUT2D eigenvalue weighted by atomic mass is 19.4. The lowest BCUT2D eigenvalue weighted by Crippen LogP contribution is -2.40. The van der Waals surface area contributed by atoms with Gasteiger partial charge in [0.25, 0.3) is 0 Å². The zero-order chi connectivity index (χ0) is 14.3. The molecule has 0 aromatic heterocycles. The molecule has 1 saturated carbocycles. The van der Waals surface area contributed by atoms with E-state index in [0.29, 0.717) is 11.3 Å². The molecular weight excluding hydrogens is 269 g/mol. The van der Waals surface area contributed by atoms with Crippen molar-refractivity contribution in [2.45, 2.75) is 37.9 Å². The van der Waals surface area contributed by atoms with E-state index >= 15 is 0 Å². The molecule has 3 rings (SSSR count). The smallest absolute Gasteiger partial charge is 0.331 e. The van der Waals surface area contributed by atoms with Crippen LogP contribution in [-0.4, -0.2) is 6.03 Å². The van der Waals surface area contributed by atoms with Crippen molar-refractivity contribution in [1.82, 2.24) is 5.32 Å². The quantitative estimate of drug-likeness (QED) is 0.802. The van der Waals surface area contributed by atoms with Crippen molar-refractivity contribution in [1.29, 1.82) is 0 Å². The number of alkyl halides is 3. The van der Waals surface area contributed by atoms with Crippen molar-refractivity contribution in [3.63, 3.8) is 0 Å². The van der Waals surface area contributed by atoms with E-state index < -0.39 is 11.7 Å². The number of fused-ring (bicyclic) bond motifs is 1. The van der Waals surface area contributed by atoms with Gasteiger partial charge in [-0.25, -0.2) is 4.79 Å². The third-order valence-corrected chi connectivity index (χ3v) is 4.12. The second kappa shape index (κ2) is 4.68. The highest BCUT2D eigenvalue weighted by Crippen LogP contribution is 2.42. The molecule has 1 aromatic carbocycles. The summed E-state index contributed by atoms with van der Waals surface area (Å²) in [6, 6.07) is 2.86. The summed E-state index contributed by atoms with van der Waals surface area (Å²) in [7, 11) is 0. The van der Waals surface area contributed by atoms with E-state index in [2.05, 4.69) is 10.6 Å². The molecule has 0 bridgehead atoms.